The van der Waals surface area contributed by atoms with Crippen molar-refractivity contribution in [1.82, 2.24) is 9.97 Å². The van der Waals surface area contributed by atoms with E-state index in [1.807, 2.05) is 4.98 Å². The highest BCUT2D eigenvalue weighted by Crippen LogP contribution is 2.15. The molecule has 1 aromatic heterocycles. The van der Waals surface area contributed by atoms with Crippen molar-refractivity contribution in [2.24, 2.45) is 0 Å². The van der Waals surface area contributed by atoms with E-state index in [9.17, 15) is 18.0 Å². The predicted octanol–water partition coefficient (Wildman–Crippen LogP) is 1.36. The Morgan fingerprint density at radius 1 is 1.57 bits per heavy atom. The fourth-order valence-corrected chi connectivity index (χ4v) is 0.758. The molecule has 0 bridgehead atoms. The standard InChI is InChI=1S/C6H4ClF3N2O2/c7-5-11-1-3(4(13)12-5)14-2-6(8,9)10/h1H,2H2,(H,11,12,13). The molecule has 0 spiro atoms. The zero-order valence-corrected chi connectivity index (χ0v) is 7.32. The highest BCUT2D eigenvalue weighted by atomic mass is 35.5. The second kappa shape index (κ2) is 3.87. The molecule has 14 heavy (non-hydrogen) atoms. The van der Waals surface area contributed by atoms with Crippen LogP contribution >= 0.6 is 11.6 Å². The average molecular weight is 229 g/mol. The normalized spacial score (nSPS) is 11.4. The van der Waals surface area contributed by atoms with Crippen molar-refractivity contribution in [3.05, 3.63) is 21.8 Å². The van der Waals surface area contributed by atoms with E-state index in [1.54, 1.807) is 0 Å². The summed E-state index contributed by atoms with van der Waals surface area (Å²) < 4.78 is 39.2. The maximum absolute atomic E-state index is 11.7. The molecule has 0 aliphatic carbocycles. The summed E-state index contributed by atoms with van der Waals surface area (Å²) in [5, 5.41) is -0.214. The number of aromatic nitrogens is 2. The molecule has 0 saturated carbocycles. The van der Waals surface area contributed by atoms with Gasteiger partial charge in [-0.05, 0) is 11.6 Å². The van der Waals surface area contributed by atoms with E-state index in [1.165, 1.54) is 0 Å². The lowest BCUT2D eigenvalue weighted by Gasteiger charge is -2.07. The smallest absolute Gasteiger partial charge is 0.422 e. The Balaban J connectivity index is 2.74. The molecule has 1 heterocycles. The van der Waals surface area contributed by atoms with Gasteiger partial charge in [-0.2, -0.15) is 13.2 Å². The number of rotatable bonds is 2. The van der Waals surface area contributed by atoms with Gasteiger partial charge in [-0.15, -0.1) is 0 Å². The Bertz CT molecular complexity index is 376. The molecule has 0 amide bonds. The molecular weight excluding hydrogens is 225 g/mol. The van der Waals surface area contributed by atoms with Gasteiger partial charge in [0.15, 0.2) is 6.61 Å². The zero-order valence-electron chi connectivity index (χ0n) is 6.56. The Labute approximate surface area is 80.7 Å². The van der Waals surface area contributed by atoms with Crippen LogP contribution in [-0.2, 0) is 0 Å². The zero-order chi connectivity index (χ0) is 10.8. The summed E-state index contributed by atoms with van der Waals surface area (Å²) >= 11 is 5.26. The fraction of sp³-hybridized carbons (Fsp3) is 0.333. The third-order valence-corrected chi connectivity index (χ3v) is 1.32. The monoisotopic (exact) mass is 228 g/mol. The molecule has 78 valence electrons. The number of aromatic amines is 1. The van der Waals surface area contributed by atoms with E-state index in [2.05, 4.69) is 9.72 Å². The molecule has 0 unspecified atom stereocenters. The minimum absolute atomic E-state index is 0.214. The quantitative estimate of drug-likeness (QED) is 0.778. The summed E-state index contributed by atoms with van der Waals surface area (Å²) in [6.45, 7) is -1.54. The van der Waals surface area contributed by atoms with Crippen LogP contribution in [0.25, 0.3) is 0 Å². The van der Waals surface area contributed by atoms with Crippen LogP contribution in [0.1, 0.15) is 0 Å². The van der Waals surface area contributed by atoms with Gasteiger partial charge < -0.3 is 4.74 Å². The van der Waals surface area contributed by atoms with Crippen LogP contribution in [0.4, 0.5) is 13.2 Å². The van der Waals surface area contributed by atoms with E-state index in [-0.39, 0.29) is 5.28 Å². The molecule has 1 aromatic rings. The van der Waals surface area contributed by atoms with E-state index >= 15 is 0 Å². The Morgan fingerprint density at radius 2 is 2.21 bits per heavy atom. The van der Waals surface area contributed by atoms with Crippen molar-refractivity contribution in [3.63, 3.8) is 0 Å². The molecule has 8 heteroatoms. The van der Waals surface area contributed by atoms with Crippen LogP contribution in [0.15, 0.2) is 11.0 Å². The van der Waals surface area contributed by atoms with Crippen molar-refractivity contribution >= 4 is 11.6 Å². The lowest BCUT2D eigenvalue weighted by Crippen LogP contribution is -2.22. The number of hydrogen-bond acceptors (Lipinski definition) is 3. The number of nitrogens with one attached hydrogen (secondary N) is 1. The summed E-state index contributed by atoms with van der Waals surface area (Å²) in [6, 6.07) is 0. The fourth-order valence-electron chi connectivity index (χ4n) is 0.624. The van der Waals surface area contributed by atoms with Crippen LogP contribution in [0, 0.1) is 0 Å². The van der Waals surface area contributed by atoms with Gasteiger partial charge in [-0.1, -0.05) is 0 Å². The van der Waals surface area contributed by atoms with Gasteiger partial charge >= 0.3 is 6.18 Å². The van der Waals surface area contributed by atoms with E-state index < -0.39 is 24.1 Å². The average Bonchev–Trinajstić information content (AvgIpc) is 2.00. The van der Waals surface area contributed by atoms with Crippen molar-refractivity contribution in [3.8, 4) is 5.75 Å². The molecule has 0 aromatic carbocycles. The highest BCUT2D eigenvalue weighted by Gasteiger charge is 2.28. The van der Waals surface area contributed by atoms with Crippen molar-refractivity contribution in [2.75, 3.05) is 6.61 Å². The number of nitrogens with zero attached hydrogens (tertiary/aromatic N) is 1. The molecule has 1 N–H and O–H groups in total. The van der Waals surface area contributed by atoms with Gasteiger partial charge in [0.1, 0.15) is 0 Å². The Kier molecular flexibility index (Phi) is 3.00. The third-order valence-electron chi connectivity index (χ3n) is 1.13. The summed E-state index contributed by atoms with van der Waals surface area (Å²) in [6.07, 6.45) is -3.67. The van der Waals surface area contributed by atoms with Crippen molar-refractivity contribution in [1.29, 1.82) is 0 Å². The second-order valence-corrected chi connectivity index (χ2v) is 2.63. The first-order valence-corrected chi connectivity index (χ1v) is 3.70. The molecule has 0 fully saturated rings. The highest BCUT2D eigenvalue weighted by molar-refractivity contribution is 6.28. The van der Waals surface area contributed by atoms with E-state index in [4.69, 9.17) is 11.6 Å². The first kappa shape index (κ1) is 10.8. The molecular formula is C6H4ClF3N2O2. The van der Waals surface area contributed by atoms with Crippen LogP contribution in [0.3, 0.4) is 0 Å². The molecule has 0 aliphatic rings. The SMILES string of the molecule is O=c1[nH]c(Cl)ncc1OCC(F)(F)F. The third kappa shape index (κ3) is 3.25. The van der Waals surface area contributed by atoms with E-state index in [0.717, 1.165) is 6.20 Å². The summed E-state index contributed by atoms with van der Waals surface area (Å²) in [5.74, 6) is -0.522. The maximum atomic E-state index is 11.7. The lowest BCUT2D eigenvalue weighted by molar-refractivity contribution is -0.153. The van der Waals surface area contributed by atoms with E-state index in [0.29, 0.717) is 0 Å². The van der Waals surface area contributed by atoms with Gasteiger partial charge in [0, 0.05) is 0 Å². The van der Waals surface area contributed by atoms with Gasteiger partial charge in [-0.3, -0.25) is 9.78 Å². The van der Waals surface area contributed by atoms with Gasteiger partial charge in [0.2, 0.25) is 11.0 Å². The topological polar surface area (TPSA) is 55.0 Å². The van der Waals surface area contributed by atoms with Gasteiger partial charge in [-0.25, -0.2) is 4.98 Å². The molecule has 0 saturated heterocycles. The van der Waals surface area contributed by atoms with Crippen LogP contribution in [0.5, 0.6) is 5.75 Å². The van der Waals surface area contributed by atoms with Gasteiger partial charge in [0.05, 0.1) is 6.20 Å². The van der Waals surface area contributed by atoms with Crippen molar-refractivity contribution in [2.45, 2.75) is 6.18 Å². The van der Waals surface area contributed by atoms with Crippen LogP contribution in [0.2, 0.25) is 5.28 Å². The Morgan fingerprint density at radius 3 is 2.71 bits per heavy atom. The molecule has 0 aliphatic heterocycles. The molecule has 4 nitrogen and oxygen atoms in total. The number of halogens is 4. The summed E-state index contributed by atoms with van der Waals surface area (Å²) in [4.78, 5) is 16.2. The second-order valence-electron chi connectivity index (χ2n) is 2.27. The van der Waals surface area contributed by atoms with Gasteiger partial charge in [0.25, 0.3) is 5.56 Å². The molecule has 0 radical (unpaired) electrons. The predicted molar refractivity (Wildman–Crippen MR) is 41.4 cm³/mol. The first-order valence-electron chi connectivity index (χ1n) is 3.33. The van der Waals surface area contributed by atoms with Crippen LogP contribution < -0.4 is 10.3 Å². The summed E-state index contributed by atoms with van der Waals surface area (Å²) in [5.41, 5.74) is -0.853. The maximum Gasteiger partial charge on any atom is 0.422 e. The minimum Gasteiger partial charge on any atom is -0.477 e. The number of hydrogen-bond donors (Lipinski definition) is 1. The molecule has 1 rings (SSSR count). The first-order chi connectivity index (χ1) is 6.38. The Hall–Kier alpha value is -1.24. The van der Waals surface area contributed by atoms with Crippen molar-refractivity contribution < 1.29 is 17.9 Å². The number of alkyl halides is 3. The number of ether oxygens (including phenoxy) is 1. The molecule has 0 atom stereocenters. The van der Waals surface area contributed by atoms with Crippen LogP contribution in [-0.4, -0.2) is 22.8 Å². The largest absolute Gasteiger partial charge is 0.477 e. The minimum atomic E-state index is -4.49. The number of H-pyrrole nitrogens is 1. The lowest BCUT2D eigenvalue weighted by atomic mass is 10.6. The summed E-state index contributed by atoms with van der Waals surface area (Å²) in [7, 11) is 0.